The Morgan fingerprint density at radius 2 is 1.83 bits per heavy atom. The van der Waals surface area contributed by atoms with Crippen molar-refractivity contribution in [3.05, 3.63) is 71.3 Å². The molecule has 3 heteroatoms. The molecule has 0 saturated heterocycles. The Labute approximate surface area is 138 Å². The van der Waals surface area contributed by atoms with Crippen LogP contribution in [-0.4, -0.2) is 11.9 Å². The van der Waals surface area contributed by atoms with Gasteiger partial charge in [0, 0.05) is 18.2 Å². The molecular formula is C20H26N2O. The highest BCUT2D eigenvalue weighted by atomic mass is 16.1. The van der Waals surface area contributed by atoms with Gasteiger partial charge in [0.05, 0.1) is 0 Å². The van der Waals surface area contributed by atoms with E-state index in [0.29, 0.717) is 11.6 Å². The van der Waals surface area contributed by atoms with Crippen LogP contribution in [0.15, 0.2) is 54.6 Å². The molecule has 23 heavy (non-hydrogen) atoms. The van der Waals surface area contributed by atoms with Crippen molar-refractivity contribution in [2.75, 3.05) is 0 Å². The molecular weight excluding hydrogens is 284 g/mol. The van der Waals surface area contributed by atoms with Crippen LogP contribution in [0.5, 0.6) is 0 Å². The van der Waals surface area contributed by atoms with Crippen molar-refractivity contribution in [1.29, 1.82) is 0 Å². The van der Waals surface area contributed by atoms with E-state index in [1.165, 1.54) is 5.56 Å². The lowest BCUT2D eigenvalue weighted by molar-refractivity contribution is 0.1000. The van der Waals surface area contributed by atoms with Crippen LogP contribution in [0.1, 0.15) is 48.7 Å². The fourth-order valence-corrected chi connectivity index (χ4v) is 2.97. The van der Waals surface area contributed by atoms with Gasteiger partial charge in [-0.1, -0.05) is 56.3 Å². The van der Waals surface area contributed by atoms with E-state index in [1.54, 1.807) is 6.07 Å². The maximum absolute atomic E-state index is 11.2. The van der Waals surface area contributed by atoms with Crippen LogP contribution < -0.4 is 11.1 Å². The number of hydrogen-bond donors (Lipinski definition) is 2. The zero-order valence-corrected chi connectivity index (χ0v) is 14.2. The molecule has 0 aliphatic carbocycles. The minimum atomic E-state index is -0.384. The van der Waals surface area contributed by atoms with Crippen LogP contribution in [0.4, 0.5) is 0 Å². The first kappa shape index (κ1) is 17.2. The summed E-state index contributed by atoms with van der Waals surface area (Å²) in [5.74, 6) is -0.384. The molecule has 0 aliphatic rings. The first-order chi connectivity index (χ1) is 10.9. The fourth-order valence-electron chi connectivity index (χ4n) is 2.97. The van der Waals surface area contributed by atoms with Crippen LogP contribution in [0.25, 0.3) is 0 Å². The minimum Gasteiger partial charge on any atom is -0.366 e. The lowest BCUT2D eigenvalue weighted by atomic mass is 9.79. The van der Waals surface area contributed by atoms with Crippen molar-refractivity contribution < 1.29 is 4.79 Å². The number of nitrogens with one attached hydrogen (secondary N) is 1. The summed E-state index contributed by atoms with van der Waals surface area (Å²) in [6, 6.07) is 18.4. The normalized spacial score (nSPS) is 12.8. The van der Waals surface area contributed by atoms with Crippen LogP contribution >= 0.6 is 0 Å². The second-order valence-electron chi connectivity index (χ2n) is 6.80. The predicted octanol–water partition coefficient (Wildman–Crippen LogP) is 3.63. The summed E-state index contributed by atoms with van der Waals surface area (Å²) in [7, 11) is 0. The maximum atomic E-state index is 11.2. The summed E-state index contributed by atoms with van der Waals surface area (Å²) in [6.45, 7) is 7.47. The summed E-state index contributed by atoms with van der Waals surface area (Å²) in [6.07, 6.45) is 1.03. The molecule has 0 aromatic heterocycles. The summed E-state index contributed by atoms with van der Waals surface area (Å²) >= 11 is 0. The fraction of sp³-hybridized carbons (Fsp3) is 0.350. The van der Waals surface area contributed by atoms with Crippen LogP contribution in [-0.2, 0) is 12.0 Å². The molecule has 0 spiro atoms. The molecule has 122 valence electrons. The Morgan fingerprint density at radius 3 is 2.48 bits per heavy atom. The van der Waals surface area contributed by atoms with Gasteiger partial charge in [-0.05, 0) is 42.0 Å². The zero-order valence-electron chi connectivity index (χ0n) is 14.2. The molecule has 1 unspecified atom stereocenters. The van der Waals surface area contributed by atoms with Gasteiger partial charge in [0.2, 0.25) is 5.91 Å². The first-order valence-corrected chi connectivity index (χ1v) is 8.06. The number of nitrogens with two attached hydrogens (primary N) is 1. The predicted molar refractivity (Wildman–Crippen MR) is 95.3 cm³/mol. The highest BCUT2D eigenvalue weighted by Gasteiger charge is 2.22. The molecule has 0 bridgehead atoms. The number of primary amides is 1. The number of rotatable bonds is 7. The Morgan fingerprint density at radius 1 is 1.13 bits per heavy atom. The lowest BCUT2D eigenvalue weighted by Gasteiger charge is -2.29. The lowest BCUT2D eigenvalue weighted by Crippen LogP contribution is -2.33. The number of amides is 1. The molecule has 0 saturated carbocycles. The van der Waals surface area contributed by atoms with Gasteiger partial charge < -0.3 is 11.1 Å². The van der Waals surface area contributed by atoms with Crippen LogP contribution in [0, 0.1) is 0 Å². The van der Waals surface area contributed by atoms with Crippen molar-refractivity contribution in [3.63, 3.8) is 0 Å². The first-order valence-electron chi connectivity index (χ1n) is 8.06. The SMILES string of the molecule is CC(CC(C)(C)c1ccccc1)NCc1cccc(C(N)=O)c1. The van der Waals surface area contributed by atoms with Gasteiger partial charge >= 0.3 is 0 Å². The monoisotopic (exact) mass is 310 g/mol. The smallest absolute Gasteiger partial charge is 0.248 e. The van der Waals surface area contributed by atoms with Gasteiger partial charge in [-0.25, -0.2) is 0 Å². The summed E-state index contributed by atoms with van der Waals surface area (Å²) in [5, 5.41) is 3.54. The molecule has 1 atom stereocenters. The number of benzene rings is 2. The molecule has 3 N–H and O–H groups in total. The van der Waals surface area contributed by atoms with Crippen molar-refractivity contribution >= 4 is 5.91 Å². The van der Waals surface area contributed by atoms with Gasteiger partial charge in [0.25, 0.3) is 0 Å². The summed E-state index contributed by atoms with van der Waals surface area (Å²) < 4.78 is 0. The molecule has 0 aliphatic heterocycles. The van der Waals surface area contributed by atoms with Gasteiger partial charge in [-0.2, -0.15) is 0 Å². The van der Waals surface area contributed by atoms with Gasteiger partial charge in [-0.15, -0.1) is 0 Å². The molecule has 0 heterocycles. The molecule has 2 aromatic rings. The van der Waals surface area contributed by atoms with E-state index in [-0.39, 0.29) is 11.3 Å². The van der Waals surface area contributed by atoms with Gasteiger partial charge in [-0.3, -0.25) is 4.79 Å². The molecule has 0 fully saturated rings. The molecule has 2 aromatic carbocycles. The van der Waals surface area contributed by atoms with E-state index in [2.05, 4.69) is 50.4 Å². The molecule has 2 rings (SSSR count). The number of carbonyl (C=O) groups excluding carboxylic acids is 1. The Kier molecular flexibility index (Phi) is 5.56. The standard InChI is InChI=1S/C20H26N2O/c1-15(13-20(2,3)18-10-5-4-6-11-18)22-14-16-8-7-9-17(12-16)19(21)23/h4-12,15,22H,13-14H2,1-3H3,(H2,21,23). The third kappa shape index (κ3) is 4.93. The van der Waals surface area contributed by atoms with Crippen molar-refractivity contribution in [3.8, 4) is 0 Å². The van der Waals surface area contributed by atoms with E-state index in [4.69, 9.17) is 5.73 Å². The molecule has 0 radical (unpaired) electrons. The van der Waals surface area contributed by atoms with Crippen molar-refractivity contribution in [2.24, 2.45) is 5.73 Å². The minimum absolute atomic E-state index is 0.114. The average molecular weight is 310 g/mol. The average Bonchev–Trinajstić information content (AvgIpc) is 2.53. The summed E-state index contributed by atoms with van der Waals surface area (Å²) in [5.41, 5.74) is 8.42. The Bertz CT molecular complexity index is 650. The zero-order chi connectivity index (χ0) is 16.9. The van der Waals surface area contributed by atoms with E-state index >= 15 is 0 Å². The van der Waals surface area contributed by atoms with Crippen molar-refractivity contribution in [2.45, 2.75) is 45.2 Å². The Hall–Kier alpha value is -2.13. The molecule has 3 nitrogen and oxygen atoms in total. The maximum Gasteiger partial charge on any atom is 0.248 e. The van der Waals surface area contributed by atoms with Crippen LogP contribution in [0.2, 0.25) is 0 Å². The highest BCUT2D eigenvalue weighted by Crippen LogP contribution is 2.28. The molecule has 1 amide bonds. The van der Waals surface area contributed by atoms with E-state index in [9.17, 15) is 4.79 Å². The third-order valence-corrected chi connectivity index (χ3v) is 4.24. The van der Waals surface area contributed by atoms with E-state index in [1.807, 2.05) is 24.3 Å². The van der Waals surface area contributed by atoms with E-state index in [0.717, 1.165) is 18.5 Å². The second kappa shape index (κ2) is 7.42. The van der Waals surface area contributed by atoms with E-state index < -0.39 is 0 Å². The van der Waals surface area contributed by atoms with Crippen LogP contribution in [0.3, 0.4) is 0 Å². The third-order valence-electron chi connectivity index (χ3n) is 4.24. The van der Waals surface area contributed by atoms with Gasteiger partial charge in [0.15, 0.2) is 0 Å². The Balaban J connectivity index is 1.93. The van der Waals surface area contributed by atoms with Gasteiger partial charge in [0.1, 0.15) is 0 Å². The quantitative estimate of drug-likeness (QED) is 0.820. The largest absolute Gasteiger partial charge is 0.366 e. The topological polar surface area (TPSA) is 55.1 Å². The second-order valence-corrected chi connectivity index (χ2v) is 6.80. The number of hydrogen-bond acceptors (Lipinski definition) is 2. The number of carbonyl (C=O) groups is 1. The highest BCUT2D eigenvalue weighted by molar-refractivity contribution is 5.92. The van der Waals surface area contributed by atoms with Crippen molar-refractivity contribution in [1.82, 2.24) is 5.32 Å². The summed E-state index contributed by atoms with van der Waals surface area (Å²) in [4.78, 5) is 11.2.